The standard InChI is InChI=1S/C7H12O/c1-4-6(2)5-7(3)8/h7-8H,1,5H2,2-3H3/t7-/m0/s1. The second-order valence-electron chi connectivity index (χ2n) is 2.01. The summed E-state index contributed by atoms with van der Waals surface area (Å²) >= 11 is 0. The zero-order valence-electron chi connectivity index (χ0n) is 5.44. The van der Waals surface area contributed by atoms with Gasteiger partial charge in [0.1, 0.15) is 0 Å². The van der Waals surface area contributed by atoms with Crippen LogP contribution in [0.25, 0.3) is 0 Å². The minimum atomic E-state index is -0.260. The molecule has 0 saturated carbocycles. The van der Waals surface area contributed by atoms with E-state index in [1.807, 2.05) is 6.92 Å². The highest BCUT2D eigenvalue weighted by Crippen LogP contribution is 1.99. The third kappa shape index (κ3) is 3.66. The third-order valence-electron chi connectivity index (χ3n) is 0.903. The topological polar surface area (TPSA) is 20.2 Å². The van der Waals surface area contributed by atoms with Gasteiger partial charge in [-0.25, -0.2) is 0 Å². The second kappa shape index (κ2) is 3.48. The van der Waals surface area contributed by atoms with Crippen molar-refractivity contribution < 1.29 is 5.11 Å². The molecule has 0 amide bonds. The van der Waals surface area contributed by atoms with E-state index in [1.54, 1.807) is 6.92 Å². The van der Waals surface area contributed by atoms with Crippen molar-refractivity contribution >= 4 is 0 Å². The highest BCUT2D eigenvalue weighted by molar-refractivity contribution is 4.95. The van der Waals surface area contributed by atoms with Crippen molar-refractivity contribution in [2.45, 2.75) is 26.4 Å². The fraction of sp³-hybridized carbons (Fsp3) is 0.571. The van der Waals surface area contributed by atoms with E-state index in [1.165, 1.54) is 0 Å². The molecule has 0 aliphatic carbocycles. The predicted molar refractivity (Wildman–Crippen MR) is 34.6 cm³/mol. The minimum absolute atomic E-state index is 0.260. The summed E-state index contributed by atoms with van der Waals surface area (Å²) < 4.78 is 0. The Morgan fingerprint density at radius 2 is 2.38 bits per heavy atom. The lowest BCUT2D eigenvalue weighted by atomic mass is 10.2. The van der Waals surface area contributed by atoms with Gasteiger partial charge in [0.25, 0.3) is 0 Å². The fourth-order valence-corrected chi connectivity index (χ4v) is 0.515. The normalized spacial score (nSPS) is 12.4. The van der Waals surface area contributed by atoms with Crippen molar-refractivity contribution in [1.82, 2.24) is 0 Å². The van der Waals surface area contributed by atoms with Crippen LogP contribution in [0.5, 0.6) is 0 Å². The summed E-state index contributed by atoms with van der Waals surface area (Å²) in [5, 5.41) is 8.77. The van der Waals surface area contributed by atoms with Gasteiger partial charge >= 0.3 is 0 Å². The SMILES string of the molecule is C=C=C(C)C[C@H](C)O. The van der Waals surface area contributed by atoms with Crippen LogP contribution in [-0.2, 0) is 0 Å². The maximum atomic E-state index is 8.77. The van der Waals surface area contributed by atoms with Gasteiger partial charge in [-0.15, -0.1) is 5.73 Å². The van der Waals surface area contributed by atoms with Crippen molar-refractivity contribution in [3.8, 4) is 0 Å². The molecule has 1 N–H and O–H groups in total. The van der Waals surface area contributed by atoms with Gasteiger partial charge in [-0.3, -0.25) is 0 Å². The Balaban J connectivity index is 3.56. The molecule has 0 heterocycles. The zero-order chi connectivity index (χ0) is 6.57. The Bertz CT molecular complexity index is 108. The van der Waals surface area contributed by atoms with Crippen LogP contribution in [0.1, 0.15) is 20.3 Å². The molecule has 8 heavy (non-hydrogen) atoms. The first kappa shape index (κ1) is 7.48. The minimum Gasteiger partial charge on any atom is -0.393 e. The first-order valence-electron chi connectivity index (χ1n) is 2.70. The van der Waals surface area contributed by atoms with E-state index in [9.17, 15) is 0 Å². The van der Waals surface area contributed by atoms with Crippen LogP contribution >= 0.6 is 0 Å². The van der Waals surface area contributed by atoms with Gasteiger partial charge in [-0.05, 0) is 19.4 Å². The summed E-state index contributed by atoms with van der Waals surface area (Å²) in [6.45, 7) is 7.09. The Hall–Kier alpha value is -0.520. The Morgan fingerprint density at radius 1 is 1.88 bits per heavy atom. The van der Waals surface area contributed by atoms with Crippen LogP contribution < -0.4 is 0 Å². The summed E-state index contributed by atoms with van der Waals surface area (Å²) in [4.78, 5) is 0. The Morgan fingerprint density at radius 3 is 2.50 bits per heavy atom. The van der Waals surface area contributed by atoms with Crippen molar-refractivity contribution in [1.29, 1.82) is 0 Å². The summed E-state index contributed by atoms with van der Waals surface area (Å²) in [6.07, 6.45) is 0.424. The summed E-state index contributed by atoms with van der Waals surface area (Å²) in [5.41, 5.74) is 3.72. The van der Waals surface area contributed by atoms with E-state index in [4.69, 9.17) is 5.11 Å². The maximum Gasteiger partial charge on any atom is 0.0555 e. The molecular weight excluding hydrogens is 100 g/mol. The third-order valence-corrected chi connectivity index (χ3v) is 0.903. The van der Waals surface area contributed by atoms with Crippen LogP contribution in [0.3, 0.4) is 0 Å². The van der Waals surface area contributed by atoms with Crippen LogP contribution in [-0.4, -0.2) is 11.2 Å². The van der Waals surface area contributed by atoms with Crippen LogP contribution in [0.4, 0.5) is 0 Å². The molecule has 0 rings (SSSR count). The molecule has 1 atom stereocenters. The van der Waals surface area contributed by atoms with Crippen LogP contribution in [0.15, 0.2) is 17.9 Å². The summed E-state index contributed by atoms with van der Waals surface area (Å²) in [7, 11) is 0. The molecule has 0 aliphatic heterocycles. The molecule has 0 fully saturated rings. The lowest BCUT2D eigenvalue weighted by Crippen LogP contribution is -1.98. The molecule has 46 valence electrons. The van der Waals surface area contributed by atoms with E-state index in [2.05, 4.69) is 12.3 Å². The summed E-state index contributed by atoms with van der Waals surface area (Å²) in [5.74, 6) is 0. The molecule has 0 aromatic heterocycles. The number of aliphatic hydroxyl groups is 1. The molecule has 0 aliphatic rings. The smallest absolute Gasteiger partial charge is 0.0555 e. The first-order chi connectivity index (χ1) is 3.66. The average molecular weight is 112 g/mol. The molecule has 1 heteroatoms. The molecule has 0 saturated heterocycles. The molecular formula is C7H12O. The Kier molecular flexibility index (Phi) is 3.25. The maximum absolute atomic E-state index is 8.77. The van der Waals surface area contributed by atoms with Crippen molar-refractivity contribution in [3.63, 3.8) is 0 Å². The molecule has 0 aromatic carbocycles. The van der Waals surface area contributed by atoms with E-state index in [0.29, 0.717) is 6.42 Å². The average Bonchev–Trinajstić information content (AvgIpc) is 1.65. The molecule has 0 aromatic rings. The Labute approximate surface area is 50.3 Å². The first-order valence-corrected chi connectivity index (χ1v) is 2.70. The quantitative estimate of drug-likeness (QED) is 0.536. The largest absolute Gasteiger partial charge is 0.393 e. The lowest BCUT2D eigenvalue weighted by molar-refractivity contribution is 0.195. The van der Waals surface area contributed by atoms with Crippen LogP contribution in [0.2, 0.25) is 0 Å². The number of rotatable bonds is 2. The highest BCUT2D eigenvalue weighted by atomic mass is 16.3. The van der Waals surface area contributed by atoms with Gasteiger partial charge in [0.05, 0.1) is 6.10 Å². The fourth-order valence-electron chi connectivity index (χ4n) is 0.515. The van der Waals surface area contributed by atoms with Crippen molar-refractivity contribution in [3.05, 3.63) is 17.9 Å². The van der Waals surface area contributed by atoms with Gasteiger partial charge < -0.3 is 5.11 Å². The van der Waals surface area contributed by atoms with E-state index >= 15 is 0 Å². The second-order valence-corrected chi connectivity index (χ2v) is 2.01. The van der Waals surface area contributed by atoms with E-state index in [0.717, 1.165) is 5.57 Å². The number of aliphatic hydroxyl groups excluding tert-OH is 1. The molecule has 0 spiro atoms. The lowest BCUT2D eigenvalue weighted by Gasteiger charge is -1.99. The van der Waals surface area contributed by atoms with Gasteiger partial charge in [0.2, 0.25) is 0 Å². The van der Waals surface area contributed by atoms with E-state index < -0.39 is 0 Å². The van der Waals surface area contributed by atoms with Gasteiger partial charge in [0.15, 0.2) is 0 Å². The molecule has 0 unspecified atom stereocenters. The van der Waals surface area contributed by atoms with Gasteiger partial charge in [-0.1, -0.05) is 6.58 Å². The molecule has 0 radical (unpaired) electrons. The van der Waals surface area contributed by atoms with Crippen LogP contribution in [0, 0.1) is 0 Å². The predicted octanol–water partition coefficient (Wildman–Crippen LogP) is 1.49. The van der Waals surface area contributed by atoms with Gasteiger partial charge in [0, 0.05) is 6.42 Å². The molecule has 0 bridgehead atoms. The number of hydrogen-bond donors (Lipinski definition) is 1. The molecule has 1 nitrogen and oxygen atoms in total. The highest BCUT2D eigenvalue weighted by Gasteiger charge is 1.93. The van der Waals surface area contributed by atoms with Gasteiger partial charge in [-0.2, -0.15) is 0 Å². The van der Waals surface area contributed by atoms with Crippen molar-refractivity contribution in [2.75, 3.05) is 0 Å². The van der Waals surface area contributed by atoms with E-state index in [-0.39, 0.29) is 6.10 Å². The monoisotopic (exact) mass is 112 g/mol. The van der Waals surface area contributed by atoms with Crippen molar-refractivity contribution in [2.24, 2.45) is 0 Å². The zero-order valence-corrected chi connectivity index (χ0v) is 5.44. The number of hydrogen-bond acceptors (Lipinski definition) is 1. The summed E-state index contributed by atoms with van der Waals surface area (Å²) in [6, 6.07) is 0.